The molecular weight excluding hydrogens is 308 g/mol. The largest absolute Gasteiger partial charge is 0.330 e. The molecule has 1 N–H and O–H groups in total. The smallest absolute Gasteiger partial charge is 0.317 e. The van der Waals surface area contributed by atoms with E-state index in [1.165, 1.54) is 30.7 Å². The molecule has 2 aliphatic heterocycles. The highest BCUT2D eigenvalue weighted by molar-refractivity contribution is 7.09. The molecule has 3 aliphatic rings. The highest BCUT2D eigenvalue weighted by Gasteiger charge is 2.36. The molecule has 2 saturated heterocycles. The standard InChI is InChI=1S/C17H26N4OS/c1-11(15-10-23-16(19-15)12-3-4-12)18-17(22)21-8-7-13-5-6-14(9-21)20(13)2/h10-14H,3-9H2,1-2H3,(H,18,22)/t11-,13-,14+/m1/s1. The molecule has 2 amide bonds. The number of nitrogens with zero attached hydrogens (tertiary/aromatic N) is 3. The number of hydrogen-bond donors (Lipinski definition) is 1. The second-order valence-electron chi connectivity index (χ2n) is 7.34. The first-order valence-corrected chi connectivity index (χ1v) is 9.72. The van der Waals surface area contributed by atoms with Gasteiger partial charge in [-0.15, -0.1) is 11.3 Å². The lowest BCUT2D eigenvalue weighted by Crippen LogP contribution is -2.45. The van der Waals surface area contributed by atoms with Crippen LogP contribution in [0, 0.1) is 0 Å². The monoisotopic (exact) mass is 334 g/mol. The van der Waals surface area contributed by atoms with E-state index in [4.69, 9.17) is 4.98 Å². The fraction of sp³-hybridized carbons (Fsp3) is 0.765. The number of urea groups is 1. The highest BCUT2D eigenvalue weighted by atomic mass is 32.1. The maximum absolute atomic E-state index is 12.6. The summed E-state index contributed by atoms with van der Waals surface area (Å²) in [4.78, 5) is 21.8. The zero-order valence-electron chi connectivity index (χ0n) is 14.0. The lowest BCUT2D eigenvalue weighted by Gasteiger charge is -2.27. The number of hydrogen-bond acceptors (Lipinski definition) is 4. The zero-order valence-corrected chi connectivity index (χ0v) is 14.8. The maximum Gasteiger partial charge on any atom is 0.317 e. The average Bonchev–Trinajstić information content (AvgIpc) is 3.17. The van der Waals surface area contributed by atoms with Crippen LogP contribution in [0.2, 0.25) is 0 Å². The summed E-state index contributed by atoms with van der Waals surface area (Å²) in [5.74, 6) is 0.688. The SMILES string of the molecule is C[C@@H](NC(=O)N1CC[C@H]2CC[C@@H](C1)N2C)c1csc(C2CC2)n1. The van der Waals surface area contributed by atoms with Gasteiger partial charge in [0.15, 0.2) is 0 Å². The molecule has 126 valence electrons. The molecule has 0 radical (unpaired) electrons. The van der Waals surface area contributed by atoms with Gasteiger partial charge < -0.3 is 10.2 Å². The molecule has 23 heavy (non-hydrogen) atoms. The van der Waals surface area contributed by atoms with E-state index in [0.29, 0.717) is 18.0 Å². The van der Waals surface area contributed by atoms with Gasteiger partial charge >= 0.3 is 6.03 Å². The van der Waals surface area contributed by atoms with Crippen LogP contribution in [0.4, 0.5) is 4.79 Å². The third-order valence-corrected chi connectivity index (χ3v) is 6.71. The van der Waals surface area contributed by atoms with Gasteiger partial charge in [-0.05, 0) is 46.1 Å². The fourth-order valence-electron chi connectivity index (χ4n) is 3.86. The molecule has 0 unspecified atom stereocenters. The van der Waals surface area contributed by atoms with Crippen molar-refractivity contribution in [2.75, 3.05) is 20.1 Å². The van der Waals surface area contributed by atoms with E-state index in [2.05, 4.69) is 22.6 Å². The number of aromatic nitrogens is 1. The number of thiazole rings is 1. The van der Waals surface area contributed by atoms with Gasteiger partial charge in [0.1, 0.15) is 0 Å². The van der Waals surface area contributed by atoms with E-state index >= 15 is 0 Å². The Morgan fingerprint density at radius 1 is 1.30 bits per heavy atom. The summed E-state index contributed by atoms with van der Waals surface area (Å²) in [5.41, 5.74) is 1.01. The predicted molar refractivity (Wildman–Crippen MR) is 91.8 cm³/mol. The van der Waals surface area contributed by atoms with Crippen molar-refractivity contribution in [2.24, 2.45) is 0 Å². The summed E-state index contributed by atoms with van der Waals surface area (Å²) in [6.07, 6.45) is 6.15. The van der Waals surface area contributed by atoms with E-state index in [9.17, 15) is 4.79 Å². The van der Waals surface area contributed by atoms with E-state index in [0.717, 1.165) is 25.2 Å². The summed E-state index contributed by atoms with van der Waals surface area (Å²) < 4.78 is 0. The molecule has 1 aromatic heterocycles. The number of amides is 2. The zero-order chi connectivity index (χ0) is 16.0. The normalized spacial score (nSPS) is 29.4. The van der Waals surface area contributed by atoms with Crippen molar-refractivity contribution in [3.05, 3.63) is 16.1 Å². The maximum atomic E-state index is 12.6. The Bertz CT molecular complexity index is 585. The Balaban J connectivity index is 1.36. The second-order valence-corrected chi connectivity index (χ2v) is 8.23. The van der Waals surface area contributed by atoms with Crippen LogP contribution in [0.5, 0.6) is 0 Å². The molecule has 0 spiro atoms. The first-order chi connectivity index (χ1) is 11.1. The first kappa shape index (κ1) is 15.4. The summed E-state index contributed by atoms with van der Waals surface area (Å²) in [6, 6.07) is 1.25. The number of fused-ring (bicyclic) bond motifs is 2. The minimum absolute atomic E-state index is 0.00980. The Kier molecular flexibility index (Phi) is 4.05. The van der Waals surface area contributed by atoms with Crippen LogP contribution in [-0.4, -0.2) is 53.0 Å². The van der Waals surface area contributed by atoms with Crippen LogP contribution in [0.15, 0.2) is 5.38 Å². The van der Waals surface area contributed by atoms with Crippen molar-refractivity contribution < 1.29 is 4.79 Å². The van der Waals surface area contributed by atoms with Gasteiger partial charge in [0.2, 0.25) is 0 Å². The lowest BCUT2D eigenvalue weighted by molar-refractivity contribution is 0.185. The topological polar surface area (TPSA) is 48.5 Å². The molecule has 3 atom stereocenters. The van der Waals surface area contributed by atoms with Crippen molar-refractivity contribution in [2.45, 2.75) is 63.1 Å². The minimum Gasteiger partial charge on any atom is -0.330 e. The fourth-order valence-corrected chi connectivity index (χ4v) is 4.95. The Morgan fingerprint density at radius 2 is 2.09 bits per heavy atom. The molecule has 5 nitrogen and oxygen atoms in total. The van der Waals surface area contributed by atoms with Gasteiger partial charge in [0.25, 0.3) is 0 Å². The number of carbonyl (C=O) groups excluding carboxylic acids is 1. The Hall–Kier alpha value is -1.14. The summed E-state index contributed by atoms with van der Waals surface area (Å²) in [7, 11) is 2.21. The van der Waals surface area contributed by atoms with Crippen molar-refractivity contribution in [1.82, 2.24) is 20.1 Å². The molecule has 0 aromatic carbocycles. The van der Waals surface area contributed by atoms with Gasteiger partial charge in [-0.3, -0.25) is 4.90 Å². The summed E-state index contributed by atoms with van der Waals surface area (Å²) >= 11 is 1.74. The Labute approximate surface area is 142 Å². The molecule has 1 saturated carbocycles. The van der Waals surface area contributed by atoms with Gasteiger partial charge in [-0.1, -0.05) is 0 Å². The molecular formula is C17H26N4OS. The third kappa shape index (κ3) is 3.11. The van der Waals surface area contributed by atoms with Crippen molar-refractivity contribution in [1.29, 1.82) is 0 Å². The number of likely N-dealkylation sites (N-methyl/N-ethyl adjacent to an activating group) is 1. The van der Waals surface area contributed by atoms with Gasteiger partial charge in [-0.2, -0.15) is 0 Å². The van der Waals surface area contributed by atoms with E-state index in [1.54, 1.807) is 11.3 Å². The van der Waals surface area contributed by atoms with Crippen LogP contribution in [0.1, 0.15) is 61.7 Å². The summed E-state index contributed by atoms with van der Waals surface area (Å²) in [6.45, 7) is 3.77. The molecule has 1 aliphatic carbocycles. The minimum atomic E-state index is -0.00980. The van der Waals surface area contributed by atoms with E-state index < -0.39 is 0 Å². The lowest BCUT2D eigenvalue weighted by atomic mass is 10.1. The van der Waals surface area contributed by atoms with Gasteiger partial charge in [0.05, 0.1) is 16.7 Å². The van der Waals surface area contributed by atoms with Crippen molar-refractivity contribution in [3.63, 3.8) is 0 Å². The van der Waals surface area contributed by atoms with E-state index in [1.807, 2.05) is 11.8 Å². The van der Waals surface area contributed by atoms with Crippen molar-refractivity contribution >= 4 is 17.4 Å². The average molecular weight is 334 g/mol. The van der Waals surface area contributed by atoms with Gasteiger partial charge in [-0.25, -0.2) is 9.78 Å². The van der Waals surface area contributed by atoms with Gasteiger partial charge in [0, 0.05) is 36.5 Å². The molecule has 6 heteroatoms. The predicted octanol–water partition coefficient (Wildman–Crippen LogP) is 2.96. The molecule has 3 heterocycles. The molecule has 3 fully saturated rings. The summed E-state index contributed by atoms with van der Waals surface area (Å²) in [5, 5.41) is 6.51. The number of nitrogens with one attached hydrogen (secondary N) is 1. The first-order valence-electron chi connectivity index (χ1n) is 8.84. The highest BCUT2D eigenvalue weighted by Crippen LogP contribution is 2.41. The van der Waals surface area contributed by atoms with Crippen LogP contribution < -0.4 is 5.32 Å². The molecule has 2 bridgehead atoms. The van der Waals surface area contributed by atoms with Crippen LogP contribution in [0.25, 0.3) is 0 Å². The number of likely N-dealkylation sites (tertiary alicyclic amines) is 1. The number of carbonyl (C=O) groups is 1. The molecule has 4 rings (SSSR count). The van der Waals surface area contributed by atoms with Crippen LogP contribution in [0.3, 0.4) is 0 Å². The quantitative estimate of drug-likeness (QED) is 0.924. The second kappa shape index (κ2) is 6.06. The molecule has 1 aromatic rings. The van der Waals surface area contributed by atoms with Crippen molar-refractivity contribution in [3.8, 4) is 0 Å². The third-order valence-electron chi connectivity index (χ3n) is 5.69. The van der Waals surface area contributed by atoms with Crippen LogP contribution >= 0.6 is 11.3 Å². The van der Waals surface area contributed by atoms with Crippen LogP contribution in [-0.2, 0) is 0 Å². The van der Waals surface area contributed by atoms with E-state index in [-0.39, 0.29) is 12.1 Å². The Morgan fingerprint density at radius 3 is 2.87 bits per heavy atom. The number of rotatable bonds is 3.